The van der Waals surface area contributed by atoms with Crippen molar-refractivity contribution < 1.29 is 24.4 Å². The molecule has 0 bridgehead atoms. The van der Waals surface area contributed by atoms with Gasteiger partial charge in [-0.3, -0.25) is 0 Å². The molecule has 2 aromatic rings. The van der Waals surface area contributed by atoms with Gasteiger partial charge in [0.05, 0.1) is 37.6 Å². The minimum atomic E-state index is -0.470. The molecule has 1 saturated carbocycles. The third-order valence-electron chi connectivity index (χ3n) is 5.57. The molecule has 1 heterocycles. The first-order valence-corrected chi connectivity index (χ1v) is 11.0. The van der Waals surface area contributed by atoms with Crippen LogP contribution in [0, 0.1) is 0 Å². The zero-order valence-electron chi connectivity index (χ0n) is 17.0. The van der Waals surface area contributed by atoms with E-state index in [0.29, 0.717) is 43.6 Å². The Bertz CT molecular complexity index is 821. The second-order valence-corrected chi connectivity index (χ2v) is 8.55. The number of benzene rings is 2. The van der Waals surface area contributed by atoms with Gasteiger partial charge in [0.1, 0.15) is 12.4 Å². The lowest BCUT2D eigenvalue weighted by molar-refractivity contribution is -0.113. The summed E-state index contributed by atoms with van der Waals surface area (Å²) in [5.74, 6) is 0.831. The van der Waals surface area contributed by atoms with Gasteiger partial charge in [0.25, 0.3) is 0 Å². The van der Waals surface area contributed by atoms with Gasteiger partial charge in [0.2, 0.25) is 0 Å². The Labute approximate surface area is 182 Å². The molecule has 30 heavy (non-hydrogen) atoms. The first-order valence-electron chi connectivity index (χ1n) is 10.7. The van der Waals surface area contributed by atoms with E-state index >= 15 is 0 Å². The summed E-state index contributed by atoms with van der Waals surface area (Å²) in [5, 5.41) is 20.2. The van der Waals surface area contributed by atoms with Crippen molar-refractivity contribution in [2.75, 3.05) is 19.8 Å². The summed E-state index contributed by atoms with van der Waals surface area (Å²) in [7, 11) is 0. The van der Waals surface area contributed by atoms with Gasteiger partial charge in [-0.05, 0) is 54.2 Å². The zero-order chi connectivity index (χ0) is 20.9. The number of aliphatic hydroxyl groups excluding tert-OH is 2. The highest BCUT2D eigenvalue weighted by Crippen LogP contribution is 2.34. The SMILES string of the molecule is OCC1C[C@H](O)CC(c2ccc(Cl)c(Cc3ccc(OCCOC4CC4)cc3)c2)O1. The van der Waals surface area contributed by atoms with Crippen LogP contribution in [0.15, 0.2) is 42.5 Å². The molecule has 6 heteroatoms. The van der Waals surface area contributed by atoms with Crippen LogP contribution in [0.1, 0.15) is 48.5 Å². The molecule has 2 aliphatic rings. The molecule has 3 atom stereocenters. The molecule has 5 nitrogen and oxygen atoms in total. The summed E-state index contributed by atoms with van der Waals surface area (Å²) < 4.78 is 17.3. The molecule has 2 N–H and O–H groups in total. The maximum atomic E-state index is 10.1. The van der Waals surface area contributed by atoms with Crippen LogP contribution in [-0.4, -0.2) is 48.3 Å². The number of rotatable bonds is 9. The molecule has 2 fully saturated rings. The van der Waals surface area contributed by atoms with E-state index in [2.05, 4.69) is 0 Å². The Morgan fingerprint density at radius 1 is 1.03 bits per heavy atom. The van der Waals surface area contributed by atoms with E-state index in [9.17, 15) is 10.2 Å². The molecule has 0 amide bonds. The van der Waals surface area contributed by atoms with E-state index in [1.807, 2.05) is 42.5 Å². The smallest absolute Gasteiger partial charge is 0.119 e. The molecule has 2 unspecified atom stereocenters. The Hall–Kier alpha value is -1.63. The Balaban J connectivity index is 1.37. The van der Waals surface area contributed by atoms with Crippen LogP contribution in [0.3, 0.4) is 0 Å². The van der Waals surface area contributed by atoms with Gasteiger partial charge >= 0.3 is 0 Å². The van der Waals surface area contributed by atoms with Crippen LogP contribution in [0.5, 0.6) is 5.75 Å². The van der Waals surface area contributed by atoms with Crippen LogP contribution < -0.4 is 4.74 Å². The standard InChI is InChI=1S/C24H29ClO5/c25-23-8-3-17(24-14-19(27)13-22(15-26)30-24)12-18(23)11-16-1-4-20(5-2-16)28-9-10-29-21-6-7-21/h1-5,8,12,19,21-22,24,26-27H,6-7,9-11,13-15H2/t19-,22?,24?/m0/s1. The van der Waals surface area contributed by atoms with E-state index in [-0.39, 0.29) is 18.8 Å². The van der Waals surface area contributed by atoms with Crippen molar-refractivity contribution in [2.45, 2.75) is 56.5 Å². The Morgan fingerprint density at radius 2 is 1.83 bits per heavy atom. The van der Waals surface area contributed by atoms with Gasteiger partial charge in [-0.1, -0.05) is 35.9 Å². The van der Waals surface area contributed by atoms with Crippen molar-refractivity contribution in [1.29, 1.82) is 0 Å². The van der Waals surface area contributed by atoms with Gasteiger partial charge in [0, 0.05) is 17.9 Å². The van der Waals surface area contributed by atoms with E-state index in [1.54, 1.807) is 0 Å². The highest BCUT2D eigenvalue weighted by atomic mass is 35.5. The molecule has 162 valence electrons. The zero-order valence-corrected chi connectivity index (χ0v) is 17.8. The monoisotopic (exact) mass is 432 g/mol. The van der Waals surface area contributed by atoms with E-state index in [1.165, 1.54) is 12.8 Å². The summed E-state index contributed by atoms with van der Waals surface area (Å²) >= 11 is 6.45. The molecular formula is C24H29ClO5. The topological polar surface area (TPSA) is 68.2 Å². The normalized spacial score (nSPS) is 24.0. The maximum absolute atomic E-state index is 10.1. The lowest BCUT2D eigenvalue weighted by Gasteiger charge is -2.32. The van der Waals surface area contributed by atoms with Crippen LogP contribution in [0.2, 0.25) is 5.02 Å². The summed E-state index contributed by atoms with van der Waals surface area (Å²) in [6.45, 7) is 1.10. The lowest BCUT2D eigenvalue weighted by Crippen LogP contribution is -2.33. The quantitative estimate of drug-likeness (QED) is 0.585. The van der Waals surface area contributed by atoms with Crippen molar-refractivity contribution >= 4 is 11.6 Å². The van der Waals surface area contributed by atoms with Crippen LogP contribution in [0.4, 0.5) is 0 Å². The maximum Gasteiger partial charge on any atom is 0.119 e. The summed E-state index contributed by atoms with van der Waals surface area (Å²) in [6.07, 6.45) is 3.44. The van der Waals surface area contributed by atoms with Crippen molar-refractivity contribution in [1.82, 2.24) is 0 Å². The van der Waals surface area contributed by atoms with Crippen molar-refractivity contribution in [2.24, 2.45) is 0 Å². The third-order valence-corrected chi connectivity index (χ3v) is 5.94. The van der Waals surface area contributed by atoms with Crippen molar-refractivity contribution in [3.63, 3.8) is 0 Å². The van der Waals surface area contributed by atoms with Gasteiger partial charge in [0.15, 0.2) is 0 Å². The predicted octanol–water partition coefficient (Wildman–Crippen LogP) is 4.06. The van der Waals surface area contributed by atoms with E-state index in [0.717, 1.165) is 22.4 Å². The minimum absolute atomic E-state index is 0.0882. The van der Waals surface area contributed by atoms with Crippen LogP contribution in [-0.2, 0) is 15.9 Å². The molecule has 1 aliphatic heterocycles. The second-order valence-electron chi connectivity index (χ2n) is 8.14. The number of ether oxygens (including phenoxy) is 3. The molecule has 2 aromatic carbocycles. The molecule has 0 aromatic heterocycles. The first-order chi connectivity index (χ1) is 14.6. The van der Waals surface area contributed by atoms with Gasteiger partial charge < -0.3 is 24.4 Å². The fraction of sp³-hybridized carbons (Fsp3) is 0.500. The summed E-state index contributed by atoms with van der Waals surface area (Å²) in [5.41, 5.74) is 3.11. The summed E-state index contributed by atoms with van der Waals surface area (Å²) in [6, 6.07) is 13.9. The van der Waals surface area contributed by atoms with Crippen LogP contribution in [0.25, 0.3) is 0 Å². The third kappa shape index (κ3) is 5.96. The molecule has 4 rings (SSSR count). The van der Waals surface area contributed by atoms with Crippen molar-refractivity contribution in [3.8, 4) is 5.75 Å². The van der Waals surface area contributed by atoms with Crippen LogP contribution >= 0.6 is 11.6 Å². The molecular weight excluding hydrogens is 404 g/mol. The predicted molar refractivity (Wildman–Crippen MR) is 115 cm³/mol. The van der Waals surface area contributed by atoms with E-state index < -0.39 is 6.10 Å². The minimum Gasteiger partial charge on any atom is -0.491 e. The van der Waals surface area contributed by atoms with Gasteiger partial charge in [-0.15, -0.1) is 0 Å². The highest BCUT2D eigenvalue weighted by molar-refractivity contribution is 6.31. The lowest BCUT2D eigenvalue weighted by atomic mass is 9.94. The van der Waals surface area contributed by atoms with Gasteiger partial charge in [-0.25, -0.2) is 0 Å². The Kier molecular flexibility index (Phi) is 7.28. The number of hydrogen-bond donors (Lipinski definition) is 2. The Morgan fingerprint density at radius 3 is 2.57 bits per heavy atom. The number of halogens is 1. The molecule has 1 aliphatic carbocycles. The van der Waals surface area contributed by atoms with E-state index in [4.69, 9.17) is 25.8 Å². The van der Waals surface area contributed by atoms with Gasteiger partial charge in [-0.2, -0.15) is 0 Å². The summed E-state index contributed by atoms with van der Waals surface area (Å²) in [4.78, 5) is 0. The first kappa shape index (κ1) is 21.6. The largest absolute Gasteiger partial charge is 0.491 e. The second kappa shape index (κ2) is 10.1. The number of hydrogen-bond acceptors (Lipinski definition) is 5. The highest BCUT2D eigenvalue weighted by Gasteiger charge is 2.29. The molecule has 0 spiro atoms. The number of aliphatic hydroxyl groups is 2. The fourth-order valence-corrected chi connectivity index (χ4v) is 3.97. The van der Waals surface area contributed by atoms with Crippen molar-refractivity contribution in [3.05, 3.63) is 64.2 Å². The average Bonchev–Trinajstić information content (AvgIpc) is 3.58. The fourth-order valence-electron chi connectivity index (χ4n) is 3.79. The molecule has 0 radical (unpaired) electrons. The average molecular weight is 433 g/mol. The molecule has 1 saturated heterocycles.